The Morgan fingerprint density at radius 1 is 0.963 bits per heavy atom. The minimum Gasteiger partial charge on any atom is -0.456 e. The molecule has 0 saturated carbocycles. The molecule has 1 heterocycles. The van der Waals surface area contributed by atoms with Gasteiger partial charge in [-0.05, 0) is 31.0 Å². The number of hydrogen-bond donors (Lipinski definition) is 0. The molecule has 138 valence electrons. The number of carbonyl (C=O) groups is 4. The third-order valence-electron chi connectivity index (χ3n) is 4.58. The minimum absolute atomic E-state index is 0.259. The lowest BCUT2D eigenvalue weighted by atomic mass is 10.1. The number of ketones is 1. The maximum Gasteiger partial charge on any atom is 0.329 e. The monoisotopic (exact) mass is 365 g/mol. The van der Waals surface area contributed by atoms with Crippen LogP contribution in [0.25, 0.3) is 0 Å². The fraction of sp³-hybridized carbons (Fsp3) is 0.238. The predicted molar refractivity (Wildman–Crippen MR) is 97.5 cm³/mol. The van der Waals surface area contributed by atoms with Gasteiger partial charge in [0.05, 0.1) is 11.1 Å². The first-order chi connectivity index (χ1) is 12.9. The van der Waals surface area contributed by atoms with Gasteiger partial charge in [-0.25, -0.2) is 4.79 Å². The third-order valence-corrected chi connectivity index (χ3v) is 4.58. The van der Waals surface area contributed by atoms with Gasteiger partial charge >= 0.3 is 5.97 Å². The van der Waals surface area contributed by atoms with E-state index in [0.29, 0.717) is 5.56 Å². The Morgan fingerprint density at radius 3 is 2.04 bits per heavy atom. The predicted octanol–water partition coefficient (Wildman–Crippen LogP) is 2.66. The van der Waals surface area contributed by atoms with E-state index in [9.17, 15) is 19.2 Å². The quantitative estimate of drug-likeness (QED) is 0.447. The maximum atomic E-state index is 12.4. The highest BCUT2D eigenvalue weighted by Gasteiger charge is 2.41. The molecule has 0 N–H and O–H groups in total. The summed E-state index contributed by atoms with van der Waals surface area (Å²) in [4.78, 5) is 50.1. The summed E-state index contributed by atoms with van der Waals surface area (Å²) in [6.07, 6.45) is 0.862. The largest absolute Gasteiger partial charge is 0.456 e. The fourth-order valence-electron chi connectivity index (χ4n) is 2.93. The van der Waals surface area contributed by atoms with Crippen molar-refractivity contribution in [3.8, 4) is 0 Å². The summed E-state index contributed by atoms with van der Waals surface area (Å²) in [7, 11) is 0. The second kappa shape index (κ2) is 7.53. The molecule has 1 aliphatic rings. The van der Waals surface area contributed by atoms with E-state index in [1.54, 1.807) is 24.3 Å². The van der Waals surface area contributed by atoms with Crippen LogP contribution in [0, 0.1) is 0 Å². The van der Waals surface area contributed by atoms with E-state index in [2.05, 4.69) is 0 Å². The molecule has 0 unspecified atom stereocenters. The van der Waals surface area contributed by atoms with Crippen LogP contribution in [-0.2, 0) is 16.0 Å². The number of benzene rings is 2. The molecule has 0 spiro atoms. The molecule has 3 rings (SSSR count). The van der Waals surface area contributed by atoms with Crippen LogP contribution >= 0.6 is 0 Å². The van der Waals surface area contributed by atoms with Crippen LogP contribution in [0.3, 0.4) is 0 Å². The van der Waals surface area contributed by atoms with Gasteiger partial charge in [0.15, 0.2) is 12.4 Å². The summed E-state index contributed by atoms with van der Waals surface area (Å²) in [6.45, 7) is 2.97. The average Bonchev–Trinajstić information content (AvgIpc) is 2.96. The molecule has 0 radical (unpaired) electrons. The molecular formula is C21H19NO5. The van der Waals surface area contributed by atoms with Gasteiger partial charge in [-0.3, -0.25) is 19.3 Å². The number of imide groups is 1. The zero-order valence-corrected chi connectivity index (χ0v) is 15.1. The van der Waals surface area contributed by atoms with Gasteiger partial charge in [-0.1, -0.05) is 43.3 Å². The lowest BCUT2D eigenvalue weighted by Gasteiger charge is -2.20. The smallest absolute Gasteiger partial charge is 0.329 e. The zero-order chi connectivity index (χ0) is 19.6. The van der Waals surface area contributed by atoms with Crippen molar-refractivity contribution in [1.29, 1.82) is 0 Å². The normalized spacial score (nSPS) is 14.1. The van der Waals surface area contributed by atoms with Gasteiger partial charge in [0.2, 0.25) is 0 Å². The van der Waals surface area contributed by atoms with E-state index in [-0.39, 0.29) is 16.9 Å². The zero-order valence-electron chi connectivity index (χ0n) is 15.1. The van der Waals surface area contributed by atoms with Crippen LogP contribution in [-0.4, -0.2) is 41.1 Å². The molecule has 0 fully saturated rings. The summed E-state index contributed by atoms with van der Waals surface area (Å²) in [5.74, 6) is -2.23. The van der Waals surface area contributed by atoms with Crippen molar-refractivity contribution in [2.24, 2.45) is 0 Å². The number of fused-ring (bicyclic) bond motifs is 1. The lowest BCUT2D eigenvalue weighted by Crippen LogP contribution is -2.44. The molecule has 6 heteroatoms. The molecule has 2 aromatic carbocycles. The van der Waals surface area contributed by atoms with Crippen molar-refractivity contribution in [3.63, 3.8) is 0 Å². The van der Waals surface area contributed by atoms with Crippen molar-refractivity contribution >= 4 is 23.6 Å². The first kappa shape index (κ1) is 18.5. The fourth-order valence-corrected chi connectivity index (χ4v) is 2.93. The van der Waals surface area contributed by atoms with Crippen LogP contribution < -0.4 is 0 Å². The number of amides is 2. The number of nitrogens with zero attached hydrogens (tertiary/aromatic N) is 1. The van der Waals surface area contributed by atoms with Crippen LogP contribution in [0.2, 0.25) is 0 Å². The third kappa shape index (κ3) is 3.51. The second-order valence-electron chi connectivity index (χ2n) is 6.28. The molecule has 1 aliphatic heterocycles. The van der Waals surface area contributed by atoms with Gasteiger partial charge in [-0.2, -0.15) is 0 Å². The van der Waals surface area contributed by atoms with Crippen molar-refractivity contribution in [2.45, 2.75) is 26.3 Å². The molecule has 2 amide bonds. The second-order valence-corrected chi connectivity index (χ2v) is 6.28. The number of aryl methyl sites for hydroxylation is 1. The Morgan fingerprint density at radius 2 is 1.52 bits per heavy atom. The maximum absolute atomic E-state index is 12.4. The summed E-state index contributed by atoms with van der Waals surface area (Å²) in [5.41, 5.74) is 2.06. The van der Waals surface area contributed by atoms with Gasteiger partial charge in [-0.15, -0.1) is 0 Å². The lowest BCUT2D eigenvalue weighted by molar-refractivity contribution is -0.146. The van der Waals surface area contributed by atoms with Crippen LogP contribution in [0.15, 0.2) is 48.5 Å². The molecule has 0 saturated heterocycles. The number of esters is 1. The molecular weight excluding hydrogens is 346 g/mol. The van der Waals surface area contributed by atoms with Crippen LogP contribution in [0.5, 0.6) is 0 Å². The Labute approximate surface area is 156 Å². The van der Waals surface area contributed by atoms with Crippen molar-refractivity contribution in [1.82, 2.24) is 4.90 Å². The topological polar surface area (TPSA) is 80.8 Å². The number of Topliss-reactive ketones (excluding diaryl/α,β-unsaturated/α-hetero) is 1. The summed E-state index contributed by atoms with van der Waals surface area (Å²) >= 11 is 0. The first-order valence-electron chi connectivity index (χ1n) is 8.69. The van der Waals surface area contributed by atoms with E-state index in [4.69, 9.17) is 4.74 Å². The number of ether oxygens (including phenoxy) is 1. The number of carbonyl (C=O) groups excluding carboxylic acids is 4. The number of hydrogen-bond acceptors (Lipinski definition) is 5. The SMILES string of the molecule is CCc1ccc(C(=O)COC(=O)[C@H](C)N2C(=O)c3ccccc3C2=O)cc1. The van der Waals surface area contributed by atoms with Gasteiger partial charge in [0, 0.05) is 5.56 Å². The average molecular weight is 365 g/mol. The highest BCUT2D eigenvalue weighted by molar-refractivity contribution is 6.22. The van der Waals surface area contributed by atoms with Crippen molar-refractivity contribution < 1.29 is 23.9 Å². The van der Waals surface area contributed by atoms with Gasteiger partial charge in [0.25, 0.3) is 11.8 Å². The molecule has 6 nitrogen and oxygen atoms in total. The Hall–Kier alpha value is -3.28. The van der Waals surface area contributed by atoms with Crippen molar-refractivity contribution in [2.75, 3.05) is 6.61 Å². The van der Waals surface area contributed by atoms with E-state index in [0.717, 1.165) is 16.9 Å². The first-order valence-corrected chi connectivity index (χ1v) is 8.69. The molecule has 0 aliphatic carbocycles. The Kier molecular flexibility index (Phi) is 5.16. The van der Waals surface area contributed by atoms with E-state index < -0.39 is 30.4 Å². The van der Waals surface area contributed by atoms with Gasteiger partial charge < -0.3 is 4.74 Å². The minimum atomic E-state index is -1.12. The Bertz CT molecular complexity index is 881. The van der Waals surface area contributed by atoms with E-state index in [1.807, 2.05) is 19.1 Å². The van der Waals surface area contributed by atoms with Crippen molar-refractivity contribution in [3.05, 3.63) is 70.8 Å². The summed E-state index contributed by atoms with van der Waals surface area (Å²) in [5, 5.41) is 0. The molecule has 2 aromatic rings. The molecule has 0 bridgehead atoms. The van der Waals surface area contributed by atoms with E-state index in [1.165, 1.54) is 19.1 Å². The molecule has 0 aromatic heterocycles. The number of rotatable bonds is 6. The van der Waals surface area contributed by atoms with Crippen LogP contribution in [0.1, 0.15) is 50.5 Å². The highest BCUT2D eigenvalue weighted by atomic mass is 16.5. The Balaban J connectivity index is 1.63. The highest BCUT2D eigenvalue weighted by Crippen LogP contribution is 2.24. The standard InChI is InChI=1S/C21H19NO5/c1-3-14-8-10-15(11-9-14)18(23)12-27-21(26)13(2)22-19(24)16-6-4-5-7-17(16)20(22)25/h4-11,13H,3,12H2,1-2H3/t13-/m0/s1. The summed E-state index contributed by atoms with van der Waals surface area (Å²) in [6, 6.07) is 12.3. The summed E-state index contributed by atoms with van der Waals surface area (Å²) < 4.78 is 5.05. The van der Waals surface area contributed by atoms with E-state index >= 15 is 0 Å². The van der Waals surface area contributed by atoms with Gasteiger partial charge in [0.1, 0.15) is 6.04 Å². The molecule has 1 atom stereocenters. The van der Waals surface area contributed by atoms with Crippen LogP contribution in [0.4, 0.5) is 0 Å². The molecule has 27 heavy (non-hydrogen) atoms.